The molecule has 0 bridgehead atoms. The molecule has 0 spiro atoms. The van der Waals surface area contributed by atoms with Gasteiger partial charge in [0, 0.05) is 25.1 Å². The molecule has 1 aromatic rings. The van der Waals surface area contributed by atoms with Crippen LogP contribution in [0.1, 0.15) is 49.5 Å². The van der Waals surface area contributed by atoms with E-state index in [1.54, 1.807) is 24.3 Å². The van der Waals surface area contributed by atoms with Crippen molar-refractivity contribution in [2.24, 2.45) is 5.92 Å². The largest absolute Gasteiger partial charge is 0.481 e. The van der Waals surface area contributed by atoms with E-state index in [0.717, 1.165) is 11.1 Å². The van der Waals surface area contributed by atoms with Crippen LogP contribution in [-0.2, 0) is 20.9 Å². The predicted octanol–water partition coefficient (Wildman–Crippen LogP) is 1.20. The second kappa shape index (κ2) is 14.0. The van der Waals surface area contributed by atoms with Gasteiger partial charge in [0.05, 0.1) is 6.54 Å². The fourth-order valence-electron chi connectivity index (χ4n) is 2.61. The SMILES string of the molecule is C=C(CNC(=O)c1ccc(CNC(=O)C(CCC(=O)O)NC(=O)CNCC)cc1)C(C)C. The summed E-state index contributed by atoms with van der Waals surface area (Å²) in [4.78, 5) is 47.5. The summed E-state index contributed by atoms with van der Waals surface area (Å²) < 4.78 is 0. The van der Waals surface area contributed by atoms with Gasteiger partial charge in [0.25, 0.3) is 5.91 Å². The Morgan fingerprint density at radius 1 is 1.03 bits per heavy atom. The molecule has 0 aliphatic rings. The number of aliphatic carboxylic acids is 1. The molecule has 9 nitrogen and oxygen atoms in total. The maximum atomic E-state index is 12.5. The lowest BCUT2D eigenvalue weighted by molar-refractivity contribution is -0.137. The van der Waals surface area contributed by atoms with Crippen LogP contribution in [0.4, 0.5) is 0 Å². The maximum Gasteiger partial charge on any atom is 0.303 e. The van der Waals surface area contributed by atoms with Crippen molar-refractivity contribution >= 4 is 23.7 Å². The van der Waals surface area contributed by atoms with Crippen molar-refractivity contribution < 1.29 is 24.3 Å². The van der Waals surface area contributed by atoms with E-state index in [0.29, 0.717) is 18.7 Å². The summed E-state index contributed by atoms with van der Waals surface area (Å²) in [6, 6.07) is 5.83. The van der Waals surface area contributed by atoms with Crippen molar-refractivity contribution in [1.29, 1.82) is 0 Å². The molecule has 1 unspecified atom stereocenters. The van der Waals surface area contributed by atoms with Gasteiger partial charge in [-0.2, -0.15) is 0 Å². The highest BCUT2D eigenvalue weighted by atomic mass is 16.4. The van der Waals surface area contributed by atoms with Gasteiger partial charge in [-0.15, -0.1) is 0 Å². The third-order valence-electron chi connectivity index (χ3n) is 4.81. The average molecular weight is 447 g/mol. The van der Waals surface area contributed by atoms with Crippen LogP contribution in [-0.4, -0.2) is 54.5 Å². The quantitative estimate of drug-likeness (QED) is 0.273. The zero-order chi connectivity index (χ0) is 24.1. The second-order valence-electron chi connectivity index (χ2n) is 7.74. The first kappa shape index (κ1) is 26.8. The van der Waals surface area contributed by atoms with E-state index in [9.17, 15) is 19.2 Å². The van der Waals surface area contributed by atoms with Crippen LogP contribution in [0.2, 0.25) is 0 Å². The monoisotopic (exact) mass is 446 g/mol. The van der Waals surface area contributed by atoms with Crippen LogP contribution >= 0.6 is 0 Å². The standard InChI is InChI=1S/C23H34N4O5/c1-5-24-14-20(28)27-19(10-11-21(29)30)23(32)26-13-17-6-8-18(9-7-17)22(31)25-12-16(4)15(2)3/h6-9,15,19,24H,4-5,10-14H2,1-3H3,(H,25,31)(H,26,32)(H,27,28)(H,29,30). The molecular weight excluding hydrogens is 412 g/mol. The molecule has 1 rings (SSSR count). The molecule has 0 fully saturated rings. The van der Waals surface area contributed by atoms with Crippen molar-refractivity contribution in [3.05, 3.63) is 47.5 Å². The molecule has 1 aromatic carbocycles. The zero-order valence-electron chi connectivity index (χ0n) is 19.0. The third kappa shape index (κ3) is 10.2. The van der Waals surface area contributed by atoms with Crippen LogP contribution in [0, 0.1) is 5.92 Å². The third-order valence-corrected chi connectivity index (χ3v) is 4.81. The highest BCUT2D eigenvalue weighted by molar-refractivity contribution is 5.94. The molecule has 0 aromatic heterocycles. The lowest BCUT2D eigenvalue weighted by atomic mass is 10.1. The summed E-state index contributed by atoms with van der Waals surface area (Å²) in [5.41, 5.74) is 2.19. The molecule has 1 atom stereocenters. The van der Waals surface area contributed by atoms with Crippen LogP contribution < -0.4 is 21.3 Å². The van der Waals surface area contributed by atoms with Crippen molar-refractivity contribution in [3.63, 3.8) is 0 Å². The molecule has 0 aliphatic carbocycles. The maximum absolute atomic E-state index is 12.5. The molecular formula is C23H34N4O5. The van der Waals surface area contributed by atoms with E-state index in [2.05, 4.69) is 27.8 Å². The zero-order valence-corrected chi connectivity index (χ0v) is 19.0. The summed E-state index contributed by atoms with van der Waals surface area (Å²) >= 11 is 0. The van der Waals surface area contributed by atoms with Crippen LogP contribution in [0.3, 0.4) is 0 Å². The van der Waals surface area contributed by atoms with Crippen molar-refractivity contribution in [1.82, 2.24) is 21.3 Å². The number of carbonyl (C=O) groups is 4. The van der Waals surface area contributed by atoms with E-state index in [-0.39, 0.29) is 43.7 Å². The fraction of sp³-hybridized carbons (Fsp3) is 0.478. The molecule has 0 saturated carbocycles. The molecule has 0 heterocycles. The number of rotatable bonds is 14. The van der Waals surface area contributed by atoms with Gasteiger partial charge in [-0.3, -0.25) is 19.2 Å². The Bertz CT molecular complexity index is 805. The van der Waals surface area contributed by atoms with E-state index in [1.807, 2.05) is 20.8 Å². The number of likely N-dealkylation sites (N-methyl/N-ethyl adjacent to an activating group) is 1. The highest BCUT2D eigenvalue weighted by Crippen LogP contribution is 2.08. The fourth-order valence-corrected chi connectivity index (χ4v) is 2.61. The normalized spacial score (nSPS) is 11.5. The van der Waals surface area contributed by atoms with Crippen LogP contribution in [0.5, 0.6) is 0 Å². The molecule has 176 valence electrons. The predicted molar refractivity (Wildman–Crippen MR) is 122 cm³/mol. The first-order chi connectivity index (χ1) is 15.1. The van der Waals surface area contributed by atoms with Crippen molar-refractivity contribution in [3.8, 4) is 0 Å². The molecule has 0 saturated heterocycles. The van der Waals surface area contributed by atoms with Gasteiger partial charge < -0.3 is 26.4 Å². The van der Waals surface area contributed by atoms with E-state index >= 15 is 0 Å². The van der Waals surface area contributed by atoms with Gasteiger partial charge in [0.2, 0.25) is 11.8 Å². The molecule has 9 heteroatoms. The first-order valence-corrected chi connectivity index (χ1v) is 10.7. The van der Waals surface area contributed by atoms with Gasteiger partial charge in [-0.05, 0) is 36.6 Å². The lowest BCUT2D eigenvalue weighted by Crippen LogP contribution is -2.49. The summed E-state index contributed by atoms with van der Waals surface area (Å²) in [7, 11) is 0. The Labute approximate surface area is 189 Å². The number of carbonyl (C=O) groups excluding carboxylic acids is 3. The van der Waals surface area contributed by atoms with E-state index in [1.165, 1.54) is 0 Å². The Balaban J connectivity index is 2.63. The van der Waals surface area contributed by atoms with Crippen molar-refractivity contribution in [2.45, 2.75) is 46.2 Å². The summed E-state index contributed by atoms with van der Waals surface area (Å²) in [6.07, 6.45) is -0.258. The molecule has 3 amide bonds. The van der Waals surface area contributed by atoms with Gasteiger partial charge in [0.1, 0.15) is 6.04 Å². The lowest BCUT2D eigenvalue weighted by Gasteiger charge is -2.18. The Kier molecular flexibility index (Phi) is 11.7. The number of hydrogen-bond donors (Lipinski definition) is 5. The summed E-state index contributed by atoms with van der Waals surface area (Å²) in [5.74, 6) is -1.82. The number of carboxylic acids is 1. The van der Waals surface area contributed by atoms with Gasteiger partial charge in [0.15, 0.2) is 0 Å². The van der Waals surface area contributed by atoms with Gasteiger partial charge in [-0.25, -0.2) is 0 Å². The van der Waals surface area contributed by atoms with Gasteiger partial charge in [-0.1, -0.05) is 45.1 Å². The van der Waals surface area contributed by atoms with Crippen LogP contribution in [0.25, 0.3) is 0 Å². The average Bonchev–Trinajstić information content (AvgIpc) is 2.76. The number of nitrogens with one attached hydrogen (secondary N) is 4. The molecule has 32 heavy (non-hydrogen) atoms. The Morgan fingerprint density at radius 2 is 1.69 bits per heavy atom. The molecule has 0 aliphatic heterocycles. The smallest absolute Gasteiger partial charge is 0.303 e. The number of amides is 3. The molecule has 5 N–H and O–H groups in total. The van der Waals surface area contributed by atoms with Gasteiger partial charge >= 0.3 is 5.97 Å². The van der Waals surface area contributed by atoms with Crippen molar-refractivity contribution in [2.75, 3.05) is 19.6 Å². The highest BCUT2D eigenvalue weighted by Gasteiger charge is 2.21. The minimum atomic E-state index is -1.05. The number of benzene rings is 1. The minimum Gasteiger partial charge on any atom is -0.481 e. The summed E-state index contributed by atoms with van der Waals surface area (Å²) in [5, 5.41) is 19.8. The minimum absolute atomic E-state index is 0.0141. The summed E-state index contributed by atoms with van der Waals surface area (Å²) in [6.45, 7) is 11.0. The second-order valence-corrected chi connectivity index (χ2v) is 7.74. The van der Waals surface area contributed by atoms with Crippen LogP contribution in [0.15, 0.2) is 36.4 Å². The molecule has 0 radical (unpaired) electrons. The number of carboxylic acid groups (broad SMARTS) is 1. The topological polar surface area (TPSA) is 137 Å². The first-order valence-electron chi connectivity index (χ1n) is 10.7. The Morgan fingerprint density at radius 3 is 2.25 bits per heavy atom. The van der Waals surface area contributed by atoms with E-state index < -0.39 is 17.9 Å². The number of hydrogen-bond acceptors (Lipinski definition) is 5. The Hall–Kier alpha value is -3.20. The van der Waals surface area contributed by atoms with E-state index in [4.69, 9.17) is 5.11 Å².